The van der Waals surface area contributed by atoms with Crippen molar-refractivity contribution in [3.63, 3.8) is 0 Å². The molecule has 1 aliphatic heterocycles. The van der Waals surface area contributed by atoms with Crippen LogP contribution in [0.15, 0.2) is 41.6 Å². The zero-order valence-corrected chi connectivity index (χ0v) is 13.9. The Morgan fingerprint density at radius 3 is 2.61 bits per heavy atom. The van der Waals surface area contributed by atoms with Gasteiger partial charge in [0.15, 0.2) is 5.82 Å². The molecule has 0 amide bonds. The lowest BCUT2D eigenvalue weighted by Gasteiger charge is -2.28. The fourth-order valence-corrected chi connectivity index (χ4v) is 2.68. The summed E-state index contributed by atoms with van der Waals surface area (Å²) in [7, 11) is 0. The van der Waals surface area contributed by atoms with Crippen molar-refractivity contribution in [1.29, 1.82) is 0 Å². The number of nitrogens with one attached hydrogen (secondary N) is 1. The molecule has 120 valence electrons. The number of halogens is 2. The topological polar surface area (TPSA) is 49.8 Å². The third-order valence-electron chi connectivity index (χ3n) is 3.46. The van der Waals surface area contributed by atoms with Gasteiger partial charge in [-0.05, 0) is 23.8 Å². The highest BCUT2D eigenvalue weighted by atomic mass is 35.5. The van der Waals surface area contributed by atoms with Crippen LogP contribution >= 0.6 is 23.2 Å². The van der Waals surface area contributed by atoms with Crippen LogP contribution in [0.25, 0.3) is 0 Å². The average Bonchev–Trinajstić information content (AvgIpc) is 2.58. The van der Waals surface area contributed by atoms with Crippen molar-refractivity contribution in [3.05, 3.63) is 52.1 Å². The van der Waals surface area contributed by atoms with E-state index >= 15 is 0 Å². The lowest BCUT2D eigenvalue weighted by molar-refractivity contribution is 0.122. The number of ether oxygens (including phenoxy) is 1. The van der Waals surface area contributed by atoms with Gasteiger partial charge in [-0.2, -0.15) is 5.10 Å². The van der Waals surface area contributed by atoms with Crippen LogP contribution in [0, 0.1) is 0 Å². The molecule has 1 aromatic heterocycles. The number of rotatable bonds is 4. The molecule has 0 spiro atoms. The van der Waals surface area contributed by atoms with E-state index in [1.807, 2.05) is 12.1 Å². The second-order valence-corrected chi connectivity index (χ2v) is 5.89. The lowest BCUT2D eigenvalue weighted by Crippen LogP contribution is -2.36. The largest absolute Gasteiger partial charge is 0.378 e. The molecule has 2 heterocycles. The summed E-state index contributed by atoms with van der Waals surface area (Å²) in [4.78, 5) is 6.38. The normalized spacial score (nSPS) is 15.1. The molecular weight excluding hydrogens is 335 g/mol. The number of hydrazone groups is 1. The molecule has 0 bridgehead atoms. The van der Waals surface area contributed by atoms with Gasteiger partial charge < -0.3 is 9.64 Å². The van der Waals surface area contributed by atoms with E-state index in [9.17, 15) is 0 Å². The third-order valence-corrected chi connectivity index (χ3v) is 3.96. The molecule has 2 aromatic rings. The van der Waals surface area contributed by atoms with Crippen LogP contribution in [-0.2, 0) is 4.74 Å². The smallest absolute Gasteiger partial charge is 0.165 e. The van der Waals surface area contributed by atoms with Gasteiger partial charge in [0, 0.05) is 25.0 Å². The van der Waals surface area contributed by atoms with Crippen molar-refractivity contribution in [1.82, 2.24) is 4.98 Å². The summed E-state index contributed by atoms with van der Waals surface area (Å²) in [5.74, 6) is 0.470. The number of aromatic nitrogens is 1. The zero-order chi connectivity index (χ0) is 16.1. The number of anilines is 2. The summed E-state index contributed by atoms with van der Waals surface area (Å²) in [5.41, 5.74) is 4.99. The predicted octanol–water partition coefficient (Wildman–Crippen LogP) is 3.67. The van der Waals surface area contributed by atoms with Gasteiger partial charge in [0.1, 0.15) is 0 Å². The molecule has 1 fully saturated rings. The Labute approximate surface area is 144 Å². The van der Waals surface area contributed by atoms with E-state index in [4.69, 9.17) is 27.9 Å². The molecule has 0 saturated carbocycles. The maximum atomic E-state index is 6.02. The molecule has 1 aliphatic rings. The summed E-state index contributed by atoms with van der Waals surface area (Å²) in [6.07, 6.45) is 3.23. The van der Waals surface area contributed by atoms with Gasteiger partial charge in [-0.15, -0.1) is 0 Å². The van der Waals surface area contributed by atoms with E-state index in [0.29, 0.717) is 15.9 Å². The van der Waals surface area contributed by atoms with Gasteiger partial charge in [0.2, 0.25) is 0 Å². The minimum Gasteiger partial charge on any atom is -0.378 e. The first kappa shape index (κ1) is 16.1. The van der Waals surface area contributed by atoms with Crippen molar-refractivity contribution in [2.24, 2.45) is 5.10 Å². The molecule has 0 unspecified atom stereocenters. The Bertz CT molecular complexity index is 685. The predicted molar refractivity (Wildman–Crippen MR) is 94.9 cm³/mol. The molecule has 1 aromatic carbocycles. The minimum absolute atomic E-state index is 0.428. The van der Waals surface area contributed by atoms with E-state index in [-0.39, 0.29) is 0 Å². The van der Waals surface area contributed by atoms with Crippen LogP contribution in [0.4, 0.5) is 11.5 Å². The highest BCUT2D eigenvalue weighted by Crippen LogP contribution is 2.22. The maximum absolute atomic E-state index is 6.02. The van der Waals surface area contributed by atoms with E-state index in [0.717, 1.165) is 31.9 Å². The highest BCUT2D eigenvalue weighted by molar-refractivity contribution is 6.35. The summed E-state index contributed by atoms with van der Waals surface area (Å²) < 4.78 is 5.36. The minimum atomic E-state index is 0.428. The standard InChI is InChI=1S/C16H16Cl2N4O/c17-13-9-15(18)16(19-11-13)21-20-10-12-1-3-14(4-2-12)22-5-7-23-8-6-22/h1-4,9-11H,5-8H2,(H,19,21)/b20-10+. The van der Waals surface area contributed by atoms with E-state index in [1.54, 1.807) is 12.3 Å². The first-order valence-corrected chi connectivity index (χ1v) is 8.01. The molecule has 0 atom stereocenters. The number of morpholine rings is 1. The molecule has 7 heteroatoms. The Morgan fingerprint density at radius 2 is 1.91 bits per heavy atom. The van der Waals surface area contributed by atoms with Gasteiger partial charge in [0.05, 0.1) is 29.5 Å². The number of benzene rings is 1. The van der Waals surface area contributed by atoms with E-state index in [1.165, 1.54) is 11.9 Å². The van der Waals surface area contributed by atoms with Crippen molar-refractivity contribution < 1.29 is 4.74 Å². The molecular formula is C16H16Cl2N4O. The molecule has 5 nitrogen and oxygen atoms in total. The van der Waals surface area contributed by atoms with Crippen LogP contribution in [0.2, 0.25) is 10.0 Å². The summed E-state index contributed by atoms with van der Waals surface area (Å²) in [5, 5.41) is 5.06. The second kappa shape index (κ2) is 7.64. The number of nitrogens with zero attached hydrogens (tertiary/aromatic N) is 3. The Hall–Kier alpha value is -1.82. The third kappa shape index (κ3) is 4.34. The Kier molecular flexibility index (Phi) is 5.33. The summed E-state index contributed by atoms with van der Waals surface area (Å²) in [6.45, 7) is 3.41. The maximum Gasteiger partial charge on any atom is 0.165 e. The first-order valence-electron chi connectivity index (χ1n) is 7.25. The average molecular weight is 351 g/mol. The first-order chi connectivity index (χ1) is 11.2. The van der Waals surface area contributed by atoms with Crippen LogP contribution < -0.4 is 10.3 Å². The molecule has 0 radical (unpaired) electrons. The fourth-order valence-electron chi connectivity index (χ4n) is 2.26. The van der Waals surface area contributed by atoms with Gasteiger partial charge in [-0.1, -0.05) is 35.3 Å². The number of hydrogen-bond acceptors (Lipinski definition) is 5. The molecule has 1 N–H and O–H groups in total. The second-order valence-electron chi connectivity index (χ2n) is 5.04. The van der Waals surface area contributed by atoms with E-state index < -0.39 is 0 Å². The molecule has 23 heavy (non-hydrogen) atoms. The lowest BCUT2D eigenvalue weighted by atomic mass is 10.2. The fraction of sp³-hybridized carbons (Fsp3) is 0.250. The summed E-state index contributed by atoms with van der Waals surface area (Å²) >= 11 is 11.8. The molecule has 0 aliphatic carbocycles. The van der Waals surface area contributed by atoms with Crippen molar-refractivity contribution >= 4 is 40.9 Å². The number of pyridine rings is 1. The van der Waals surface area contributed by atoms with Crippen LogP contribution in [-0.4, -0.2) is 37.5 Å². The van der Waals surface area contributed by atoms with Crippen molar-refractivity contribution in [2.45, 2.75) is 0 Å². The van der Waals surface area contributed by atoms with Crippen LogP contribution in [0.3, 0.4) is 0 Å². The SMILES string of the molecule is Clc1cnc(N/N=C/c2ccc(N3CCOCC3)cc2)c(Cl)c1. The van der Waals surface area contributed by atoms with Gasteiger partial charge in [-0.25, -0.2) is 4.98 Å². The van der Waals surface area contributed by atoms with Gasteiger partial charge in [0.25, 0.3) is 0 Å². The highest BCUT2D eigenvalue weighted by Gasteiger charge is 2.10. The quantitative estimate of drug-likeness (QED) is 0.675. The van der Waals surface area contributed by atoms with Gasteiger partial charge >= 0.3 is 0 Å². The monoisotopic (exact) mass is 350 g/mol. The summed E-state index contributed by atoms with van der Waals surface area (Å²) in [6, 6.07) is 9.82. The van der Waals surface area contributed by atoms with Crippen molar-refractivity contribution in [2.75, 3.05) is 36.6 Å². The Morgan fingerprint density at radius 1 is 1.17 bits per heavy atom. The van der Waals surface area contributed by atoms with Gasteiger partial charge in [-0.3, -0.25) is 5.43 Å². The van der Waals surface area contributed by atoms with Crippen molar-refractivity contribution in [3.8, 4) is 0 Å². The molecule has 3 rings (SSSR count). The zero-order valence-electron chi connectivity index (χ0n) is 12.4. The Balaban J connectivity index is 1.61. The number of hydrogen-bond donors (Lipinski definition) is 1. The molecule has 1 saturated heterocycles. The van der Waals surface area contributed by atoms with Crippen LogP contribution in [0.1, 0.15) is 5.56 Å². The van der Waals surface area contributed by atoms with E-state index in [2.05, 4.69) is 32.5 Å². The van der Waals surface area contributed by atoms with Crippen LogP contribution in [0.5, 0.6) is 0 Å².